The molecule has 0 fully saturated rings. The van der Waals surface area contributed by atoms with Crippen LogP contribution >= 0.6 is 11.8 Å². The zero-order valence-corrected chi connectivity index (χ0v) is 11.4. The first kappa shape index (κ1) is 14.4. The summed E-state index contributed by atoms with van der Waals surface area (Å²) in [6.07, 6.45) is 0. The molecule has 0 bridgehead atoms. The number of rotatable bonds is 5. The average Bonchev–Trinajstić information content (AvgIpc) is 2.38. The van der Waals surface area contributed by atoms with Crippen LogP contribution in [-0.2, 0) is 4.79 Å². The summed E-state index contributed by atoms with van der Waals surface area (Å²) in [7, 11) is 0. The highest BCUT2D eigenvalue weighted by Crippen LogP contribution is 2.28. The van der Waals surface area contributed by atoms with Crippen molar-refractivity contribution in [1.29, 1.82) is 0 Å². The summed E-state index contributed by atoms with van der Waals surface area (Å²) in [6.45, 7) is 0. The lowest BCUT2D eigenvalue weighted by Gasteiger charge is -2.12. The molecule has 0 aliphatic rings. The molecular formula is C15H14FNO2S. The third kappa shape index (κ3) is 3.74. The minimum absolute atomic E-state index is 0.322. The molecule has 0 amide bonds. The molecule has 0 saturated heterocycles. The Hall–Kier alpha value is -2.01. The number of thioether (sulfide) groups is 1. The molecule has 0 spiro atoms. The van der Waals surface area contributed by atoms with Crippen molar-refractivity contribution in [3.05, 3.63) is 59.9 Å². The first-order chi connectivity index (χ1) is 9.56. The Bertz CT molecular complexity index is 584. The predicted octanol–water partition coefficient (Wildman–Crippen LogP) is 3.37. The normalized spacial score (nSPS) is 12.1. The zero-order valence-electron chi connectivity index (χ0n) is 10.6. The summed E-state index contributed by atoms with van der Waals surface area (Å²) in [6, 6.07) is 13.2. The van der Waals surface area contributed by atoms with Gasteiger partial charge < -0.3 is 10.8 Å². The summed E-state index contributed by atoms with van der Waals surface area (Å²) < 4.78 is 13.2. The van der Waals surface area contributed by atoms with Gasteiger partial charge in [-0.15, -0.1) is 11.8 Å². The van der Waals surface area contributed by atoms with Crippen LogP contribution in [0.4, 0.5) is 10.1 Å². The highest BCUT2D eigenvalue weighted by Gasteiger charge is 2.19. The van der Waals surface area contributed by atoms with Crippen molar-refractivity contribution >= 4 is 23.4 Å². The molecule has 5 heteroatoms. The highest BCUT2D eigenvalue weighted by atomic mass is 32.2. The van der Waals surface area contributed by atoms with Gasteiger partial charge in [-0.1, -0.05) is 30.3 Å². The maximum absolute atomic E-state index is 13.2. The Morgan fingerprint density at radius 2 is 1.95 bits per heavy atom. The minimum Gasteiger partial charge on any atom is -0.481 e. The van der Waals surface area contributed by atoms with E-state index < -0.39 is 17.7 Å². The Morgan fingerprint density at radius 3 is 2.55 bits per heavy atom. The second-order valence-corrected chi connectivity index (χ2v) is 5.43. The molecule has 3 nitrogen and oxygen atoms in total. The fourth-order valence-corrected chi connectivity index (χ4v) is 2.95. The number of anilines is 1. The fourth-order valence-electron chi connectivity index (χ4n) is 1.84. The first-order valence-electron chi connectivity index (χ1n) is 6.03. The van der Waals surface area contributed by atoms with Crippen LogP contribution < -0.4 is 5.73 Å². The van der Waals surface area contributed by atoms with Gasteiger partial charge in [0.25, 0.3) is 0 Å². The highest BCUT2D eigenvalue weighted by molar-refractivity contribution is 7.99. The maximum atomic E-state index is 13.2. The monoisotopic (exact) mass is 291 g/mol. The van der Waals surface area contributed by atoms with Crippen LogP contribution in [0.2, 0.25) is 0 Å². The molecule has 0 aliphatic carbocycles. The van der Waals surface area contributed by atoms with Gasteiger partial charge in [-0.05, 0) is 23.8 Å². The fraction of sp³-hybridized carbons (Fsp3) is 0.133. The van der Waals surface area contributed by atoms with Gasteiger partial charge >= 0.3 is 5.97 Å². The number of carboxylic acids is 1. The van der Waals surface area contributed by atoms with Crippen LogP contribution in [0.15, 0.2) is 53.4 Å². The number of hydrogen-bond donors (Lipinski definition) is 2. The van der Waals surface area contributed by atoms with E-state index in [9.17, 15) is 14.3 Å². The zero-order chi connectivity index (χ0) is 14.5. The minimum atomic E-state index is -0.895. The first-order valence-corrected chi connectivity index (χ1v) is 7.01. The van der Waals surface area contributed by atoms with Crippen molar-refractivity contribution in [2.24, 2.45) is 0 Å². The quantitative estimate of drug-likeness (QED) is 0.655. The largest absolute Gasteiger partial charge is 0.481 e. The third-order valence-electron chi connectivity index (χ3n) is 2.81. The molecule has 0 radical (unpaired) electrons. The van der Waals surface area contributed by atoms with E-state index in [0.717, 1.165) is 5.56 Å². The van der Waals surface area contributed by atoms with Crippen LogP contribution in [0, 0.1) is 5.82 Å². The van der Waals surface area contributed by atoms with Crippen molar-refractivity contribution < 1.29 is 14.3 Å². The van der Waals surface area contributed by atoms with E-state index >= 15 is 0 Å². The molecule has 0 aromatic heterocycles. The van der Waals surface area contributed by atoms with Crippen LogP contribution in [0.1, 0.15) is 11.5 Å². The standard InChI is InChI=1S/C15H14FNO2S/c16-11-6-12(17)8-13(7-11)20-9-14(15(18)19)10-4-2-1-3-5-10/h1-8,14H,9,17H2,(H,18,19). The van der Waals surface area contributed by atoms with E-state index in [1.165, 1.54) is 23.9 Å². The topological polar surface area (TPSA) is 63.3 Å². The summed E-state index contributed by atoms with van der Waals surface area (Å²) in [5.74, 6) is -1.62. The summed E-state index contributed by atoms with van der Waals surface area (Å²) in [4.78, 5) is 12.0. The van der Waals surface area contributed by atoms with Crippen molar-refractivity contribution in [1.82, 2.24) is 0 Å². The van der Waals surface area contributed by atoms with Gasteiger partial charge in [-0.3, -0.25) is 4.79 Å². The molecule has 20 heavy (non-hydrogen) atoms. The number of hydrogen-bond acceptors (Lipinski definition) is 3. The Kier molecular flexibility index (Phi) is 4.63. The van der Waals surface area contributed by atoms with E-state index in [0.29, 0.717) is 16.3 Å². The lowest BCUT2D eigenvalue weighted by atomic mass is 10.0. The Labute approximate surface area is 120 Å². The van der Waals surface area contributed by atoms with Gasteiger partial charge in [-0.2, -0.15) is 0 Å². The molecule has 0 saturated carbocycles. The van der Waals surface area contributed by atoms with E-state index in [-0.39, 0.29) is 0 Å². The van der Waals surface area contributed by atoms with Gasteiger partial charge in [0.1, 0.15) is 5.82 Å². The van der Waals surface area contributed by atoms with E-state index in [1.54, 1.807) is 30.3 Å². The number of carboxylic acid groups (broad SMARTS) is 1. The molecule has 2 aromatic rings. The van der Waals surface area contributed by atoms with Gasteiger partial charge in [-0.25, -0.2) is 4.39 Å². The summed E-state index contributed by atoms with van der Waals surface area (Å²) in [5, 5.41) is 9.30. The number of benzene rings is 2. The van der Waals surface area contributed by atoms with E-state index in [2.05, 4.69) is 0 Å². The number of halogens is 1. The van der Waals surface area contributed by atoms with Crippen LogP contribution in [0.25, 0.3) is 0 Å². The summed E-state index contributed by atoms with van der Waals surface area (Å²) >= 11 is 1.28. The number of nitrogens with two attached hydrogens (primary N) is 1. The van der Waals surface area contributed by atoms with Crippen LogP contribution in [0.5, 0.6) is 0 Å². The van der Waals surface area contributed by atoms with Gasteiger partial charge in [0.15, 0.2) is 0 Å². The molecule has 3 N–H and O–H groups in total. The third-order valence-corrected chi connectivity index (χ3v) is 3.88. The Balaban J connectivity index is 2.12. The lowest BCUT2D eigenvalue weighted by Crippen LogP contribution is -2.14. The molecule has 1 unspecified atom stereocenters. The average molecular weight is 291 g/mol. The second kappa shape index (κ2) is 6.43. The van der Waals surface area contributed by atoms with Gasteiger partial charge in [0, 0.05) is 16.3 Å². The number of aliphatic carboxylic acids is 1. The van der Waals surface area contributed by atoms with Crippen molar-refractivity contribution in [3.8, 4) is 0 Å². The molecule has 0 heterocycles. The molecule has 2 aromatic carbocycles. The van der Waals surface area contributed by atoms with Gasteiger partial charge in [0.2, 0.25) is 0 Å². The Morgan fingerprint density at radius 1 is 1.25 bits per heavy atom. The van der Waals surface area contributed by atoms with Crippen LogP contribution in [-0.4, -0.2) is 16.8 Å². The molecule has 2 rings (SSSR count). The van der Waals surface area contributed by atoms with E-state index in [4.69, 9.17) is 5.73 Å². The molecule has 104 valence electrons. The summed E-state index contributed by atoms with van der Waals surface area (Å²) in [5.41, 5.74) is 6.63. The molecule has 0 aliphatic heterocycles. The van der Waals surface area contributed by atoms with Crippen molar-refractivity contribution in [2.75, 3.05) is 11.5 Å². The smallest absolute Gasteiger partial charge is 0.311 e. The molecule has 1 atom stereocenters. The number of carbonyl (C=O) groups is 1. The van der Waals surface area contributed by atoms with Crippen LogP contribution in [0.3, 0.4) is 0 Å². The maximum Gasteiger partial charge on any atom is 0.311 e. The van der Waals surface area contributed by atoms with E-state index in [1.807, 2.05) is 6.07 Å². The molecular weight excluding hydrogens is 277 g/mol. The van der Waals surface area contributed by atoms with Crippen molar-refractivity contribution in [2.45, 2.75) is 10.8 Å². The van der Waals surface area contributed by atoms with Gasteiger partial charge in [0.05, 0.1) is 5.92 Å². The second-order valence-electron chi connectivity index (χ2n) is 4.33. The van der Waals surface area contributed by atoms with Crippen molar-refractivity contribution in [3.63, 3.8) is 0 Å². The predicted molar refractivity (Wildman–Crippen MR) is 78.4 cm³/mol. The SMILES string of the molecule is Nc1cc(F)cc(SCC(C(=O)O)c2ccccc2)c1. The lowest BCUT2D eigenvalue weighted by molar-refractivity contribution is -0.138. The number of nitrogen functional groups attached to an aromatic ring is 1.